The first-order valence-electron chi connectivity index (χ1n) is 12.1. The number of aliphatic carboxylic acids is 1. The molecular weight excluding hydrogens is 444 g/mol. The largest absolute Gasteiger partial charge is 0.479 e. The first kappa shape index (κ1) is 24.6. The highest BCUT2D eigenvalue weighted by Crippen LogP contribution is 2.43. The molecule has 0 radical (unpaired) electrons. The lowest BCUT2D eigenvalue weighted by Crippen LogP contribution is -2.41. The summed E-state index contributed by atoms with van der Waals surface area (Å²) in [7, 11) is 0. The Balaban J connectivity index is 1.83. The molecule has 0 bridgehead atoms. The third-order valence-electron chi connectivity index (χ3n) is 6.46. The van der Waals surface area contributed by atoms with E-state index in [1.807, 2.05) is 0 Å². The lowest BCUT2D eigenvalue weighted by molar-refractivity contribution is -0.202. The van der Waals surface area contributed by atoms with E-state index in [0.29, 0.717) is 19.5 Å². The maximum Gasteiger partial charge on any atom is 0.335 e. The fourth-order valence-electron chi connectivity index (χ4n) is 4.84. The number of hydrogen-bond acceptors (Lipinski definition) is 7. The van der Waals surface area contributed by atoms with E-state index in [2.05, 4.69) is 18.8 Å². The van der Waals surface area contributed by atoms with Gasteiger partial charge in [0.15, 0.2) is 29.3 Å². The third-order valence-corrected chi connectivity index (χ3v) is 6.46. The summed E-state index contributed by atoms with van der Waals surface area (Å²) in [5.74, 6) is -2.17. The van der Waals surface area contributed by atoms with Crippen molar-refractivity contribution in [2.45, 2.75) is 110 Å². The van der Waals surface area contributed by atoms with Crippen LogP contribution in [-0.4, -0.2) is 53.9 Å². The van der Waals surface area contributed by atoms with Gasteiger partial charge in [0.2, 0.25) is 0 Å². The molecule has 2 aromatic heterocycles. The Hall–Kier alpha value is -2.50. The minimum absolute atomic E-state index is 0.204. The molecule has 0 amide bonds. The number of hydrogen-bond donors (Lipinski definition) is 1. The van der Waals surface area contributed by atoms with Crippen LogP contribution in [0.5, 0.6) is 0 Å². The van der Waals surface area contributed by atoms with Gasteiger partial charge < -0.3 is 19.3 Å². The number of ether oxygens (including phenoxy) is 3. The van der Waals surface area contributed by atoms with Gasteiger partial charge in [-0.3, -0.25) is 18.5 Å². The van der Waals surface area contributed by atoms with Crippen molar-refractivity contribution in [1.82, 2.24) is 18.7 Å². The van der Waals surface area contributed by atoms with E-state index in [1.54, 1.807) is 18.4 Å². The number of aromatic nitrogens is 4. The van der Waals surface area contributed by atoms with E-state index in [-0.39, 0.29) is 16.9 Å². The van der Waals surface area contributed by atoms with E-state index in [9.17, 15) is 19.5 Å². The van der Waals surface area contributed by atoms with Gasteiger partial charge >= 0.3 is 11.7 Å². The van der Waals surface area contributed by atoms with Gasteiger partial charge in [0, 0.05) is 13.1 Å². The summed E-state index contributed by atoms with van der Waals surface area (Å²) in [6, 6.07) is 0. The van der Waals surface area contributed by atoms with Crippen LogP contribution in [0.1, 0.15) is 72.4 Å². The van der Waals surface area contributed by atoms with Gasteiger partial charge in [0.05, 0.1) is 6.33 Å². The summed E-state index contributed by atoms with van der Waals surface area (Å²) in [6.07, 6.45) is 2.94. The zero-order valence-corrected chi connectivity index (χ0v) is 20.2. The Morgan fingerprint density at radius 1 is 1.03 bits per heavy atom. The molecule has 11 nitrogen and oxygen atoms in total. The molecule has 4 heterocycles. The summed E-state index contributed by atoms with van der Waals surface area (Å²) in [6.45, 7) is 8.30. The van der Waals surface area contributed by atoms with Gasteiger partial charge in [-0.25, -0.2) is 14.6 Å². The maximum atomic E-state index is 13.5. The molecule has 0 spiro atoms. The Bertz CT molecular complexity index is 1160. The molecule has 11 heteroatoms. The van der Waals surface area contributed by atoms with E-state index < -0.39 is 41.9 Å². The van der Waals surface area contributed by atoms with Crippen LogP contribution in [-0.2, 0) is 32.1 Å². The Morgan fingerprint density at radius 3 is 2.26 bits per heavy atom. The van der Waals surface area contributed by atoms with Gasteiger partial charge in [0.1, 0.15) is 12.2 Å². The zero-order chi connectivity index (χ0) is 24.6. The lowest BCUT2D eigenvalue weighted by Gasteiger charge is -2.24. The molecule has 2 aromatic rings. The smallest absolute Gasteiger partial charge is 0.335 e. The maximum absolute atomic E-state index is 13.5. The number of carbonyl (C=O) groups is 1. The lowest BCUT2D eigenvalue weighted by atomic mass is 10.1. The number of unbranched alkanes of at least 4 members (excludes halogenated alkanes) is 4. The molecule has 0 saturated carbocycles. The van der Waals surface area contributed by atoms with Gasteiger partial charge in [0.25, 0.3) is 5.56 Å². The molecule has 0 unspecified atom stereocenters. The number of fused-ring (bicyclic) bond motifs is 2. The quantitative estimate of drug-likeness (QED) is 0.515. The van der Waals surface area contributed by atoms with E-state index in [1.165, 1.54) is 15.5 Å². The number of rotatable bonds is 10. The minimum atomic E-state index is -1.25. The summed E-state index contributed by atoms with van der Waals surface area (Å²) in [5.41, 5.74) is -0.353. The van der Waals surface area contributed by atoms with Gasteiger partial charge in [-0.2, -0.15) is 0 Å². The molecule has 4 atom stereocenters. The van der Waals surface area contributed by atoms with Crippen molar-refractivity contribution in [1.29, 1.82) is 0 Å². The van der Waals surface area contributed by atoms with Crippen LogP contribution < -0.4 is 11.2 Å². The molecule has 1 N–H and O–H groups in total. The molecule has 2 fully saturated rings. The van der Waals surface area contributed by atoms with E-state index >= 15 is 0 Å². The van der Waals surface area contributed by atoms with Crippen molar-refractivity contribution in [3.8, 4) is 0 Å². The monoisotopic (exact) mass is 478 g/mol. The Labute approximate surface area is 197 Å². The topological polar surface area (TPSA) is 127 Å². The number of nitrogens with zero attached hydrogens (tertiary/aromatic N) is 4. The molecule has 188 valence electrons. The molecule has 34 heavy (non-hydrogen) atoms. The molecular formula is C23H34N4O7. The third kappa shape index (κ3) is 4.32. The standard InChI is InChI=1S/C23H34N4O7/c1-5-7-9-11-25-18-14(19(28)26(22(25)31)12-10-8-6-2)27(13-24-18)20-16-15(17(32-20)21(29)30)33-23(3,4)34-16/h13,15-17,20H,5-12H2,1-4H3,(H,29,30)/t15-,16+,17-,20+/m0/s1. The second-order valence-electron chi connectivity index (χ2n) is 9.48. The van der Waals surface area contributed by atoms with Crippen LogP contribution >= 0.6 is 0 Å². The van der Waals surface area contributed by atoms with Crippen LogP contribution in [0.15, 0.2) is 15.9 Å². The first-order valence-corrected chi connectivity index (χ1v) is 12.1. The molecule has 0 aromatic carbocycles. The minimum Gasteiger partial charge on any atom is -0.479 e. The van der Waals surface area contributed by atoms with E-state index in [4.69, 9.17) is 14.2 Å². The average molecular weight is 479 g/mol. The predicted molar refractivity (Wildman–Crippen MR) is 123 cm³/mol. The van der Waals surface area contributed by atoms with Crippen molar-refractivity contribution in [2.24, 2.45) is 0 Å². The van der Waals surface area contributed by atoms with Crippen LogP contribution in [0, 0.1) is 0 Å². The highest BCUT2D eigenvalue weighted by molar-refractivity contribution is 5.74. The first-order chi connectivity index (χ1) is 16.2. The van der Waals surface area contributed by atoms with Crippen molar-refractivity contribution < 1.29 is 24.1 Å². The number of aryl methyl sites for hydroxylation is 1. The van der Waals surface area contributed by atoms with Gasteiger partial charge in [-0.15, -0.1) is 0 Å². The second-order valence-corrected chi connectivity index (χ2v) is 9.48. The van der Waals surface area contributed by atoms with Crippen molar-refractivity contribution in [2.75, 3.05) is 0 Å². The Kier molecular flexibility index (Phi) is 6.97. The van der Waals surface area contributed by atoms with Crippen LogP contribution in [0.2, 0.25) is 0 Å². The highest BCUT2D eigenvalue weighted by Gasteiger charge is 2.58. The molecule has 2 saturated heterocycles. The van der Waals surface area contributed by atoms with Crippen molar-refractivity contribution >= 4 is 17.1 Å². The number of carboxylic acid groups (broad SMARTS) is 1. The Morgan fingerprint density at radius 2 is 1.65 bits per heavy atom. The second kappa shape index (κ2) is 9.63. The number of imidazole rings is 1. The van der Waals surface area contributed by atoms with E-state index in [0.717, 1.165) is 32.1 Å². The SMILES string of the molecule is CCCCCn1c(=O)c2c(ncn2[C@@H]2O[C@H](C(=O)O)[C@H]3OC(C)(C)O[C@H]32)n(CCCCC)c1=O. The van der Waals surface area contributed by atoms with Gasteiger partial charge in [-0.1, -0.05) is 39.5 Å². The van der Waals surface area contributed by atoms with Crippen LogP contribution in [0.4, 0.5) is 0 Å². The fraction of sp³-hybridized carbons (Fsp3) is 0.739. The summed E-state index contributed by atoms with van der Waals surface area (Å²) >= 11 is 0. The normalized spacial score (nSPS) is 25.8. The molecule has 0 aliphatic carbocycles. The fourth-order valence-corrected chi connectivity index (χ4v) is 4.84. The van der Waals surface area contributed by atoms with Crippen molar-refractivity contribution in [3.05, 3.63) is 27.2 Å². The highest BCUT2D eigenvalue weighted by atomic mass is 16.8. The molecule has 4 rings (SSSR count). The van der Waals surface area contributed by atoms with Crippen LogP contribution in [0.3, 0.4) is 0 Å². The summed E-state index contributed by atoms with van der Waals surface area (Å²) in [4.78, 5) is 43.1. The van der Waals surface area contributed by atoms with Crippen LogP contribution in [0.25, 0.3) is 11.2 Å². The molecule has 2 aliphatic rings. The van der Waals surface area contributed by atoms with Gasteiger partial charge in [-0.05, 0) is 26.7 Å². The van der Waals surface area contributed by atoms with Crippen molar-refractivity contribution in [3.63, 3.8) is 0 Å². The summed E-state index contributed by atoms with van der Waals surface area (Å²) < 4.78 is 22.0. The average Bonchev–Trinajstić information content (AvgIpc) is 3.43. The zero-order valence-electron chi connectivity index (χ0n) is 20.2. The number of carboxylic acids is 1. The predicted octanol–water partition coefficient (Wildman–Crippen LogP) is 2.24. The molecule has 2 aliphatic heterocycles. The summed E-state index contributed by atoms with van der Waals surface area (Å²) in [5, 5.41) is 9.68.